The van der Waals surface area contributed by atoms with Gasteiger partial charge in [-0.3, -0.25) is 14.4 Å². The second-order valence-electron chi connectivity index (χ2n) is 9.00. The van der Waals surface area contributed by atoms with Crippen molar-refractivity contribution in [1.29, 1.82) is 0 Å². The SMILES string of the molecule is COc1ccc(N2CC(C(=O)NCc3nn(C4CCCC4)c(=O)c4ccccc34)CC2=O)cc1. The van der Waals surface area contributed by atoms with E-state index in [-0.39, 0.29) is 36.4 Å². The molecule has 3 aromatic rings. The van der Waals surface area contributed by atoms with Crippen molar-refractivity contribution in [2.45, 2.75) is 44.7 Å². The maximum Gasteiger partial charge on any atom is 0.274 e. The molecule has 0 spiro atoms. The van der Waals surface area contributed by atoms with Gasteiger partial charge in [-0.2, -0.15) is 5.10 Å². The molecule has 1 aliphatic carbocycles. The Labute approximate surface area is 197 Å². The first-order chi connectivity index (χ1) is 16.5. The zero-order valence-electron chi connectivity index (χ0n) is 19.2. The molecule has 1 aliphatic heterocycles. The van der Waals surface area contributed by atoms with E-state index in [1.54, 1.807) is 28.8 Å². The van der Waals surface area contributed by atoms with Gasteiger partial charge in [0.25, 0.3) is 5.56 Å². The van der Waals surface area contributed by atoms with Crippen LogP contribution < -0.4 is 20.5 Å². The monoisotopic (exact) mass is 460 g/mol. The lowest BCUT2D eigenvalue weighted by Crippen LogP contribution is -2.34. The molecule has 1 unspecified atom stereocenters. The van der Waals surface area contributed by atoms with Gasteiger partial charge in [0.15, 0.2) is 0 Å². The fourth-order valence-electron chi connectivity index (χ4n) is 5.01. The van der Waals surface area contributed by atoms with Crippen LogP contribution in [-0.2, 0) is 16.1 Å². The van der Waals surface area contributed by atoms with Crippen LogP contribution >= 0.6 is 0 Å². The molecule has 8 nitrogen and oxygen atoms in total. The Morgan fingerprint density at radius 3 is 2.47 bits per heavy atom. The average Bonchev–Trinajstić information content (AvgIpc) is 3.54. The smallest absolute Gasteiger partial charge is 0.274 e. The standard InChI is InChI=1S/C26H28N4O4/c1-34-20-12-10-18(11-13-20)29-16-17(14-24(29)31)25(32)27-15-23-21-8-4-5-9-22(21)26(33)30(28-23)19-6-2-3-7-19/h4-5,8-13,17,19H,2-3,6-7,14-16H2,1H3,(H,27,32). The molecular formula is C26H28N4O4. The maximum atomic E-state index is 13.0. The number of hydrogen-bond donors (Lipinski definition) is 1. The predicted molar refractivity (Wildman–Crippen MR) is 129 cm³/mol. The highest BCUT2D eigenvalue weighted by Crippen LogP contribution is 2.29. The number of rotatable bonds is 6. The average molecular weight is 461 g/mol. The van der Waals surface area contributed by atoms with Gasteiger partial charge >= 0.3 is 0 Å². The Bertz CT molecular complexity index is 1280. The van der Waals surface area contributed by atoms with Crippen molar-refractivity contribution in [3.63, 3.8) is 0 Å². The number of nitrogens with one attached hydrogen (secondary N) is 1. The molecule has 5 rings (SSSR count). The van der Waals surface area contributed by atoms with E-state index < -0.39 is 5.92 Å². The number of methoxy groups -OCH3 is 1. The summed E-state index contributed by atoms with van der Waals surface area (Å²) in [6.45, 7) is 0.534. The normalized spacial score (nSPS) is 18.6. The topological polar surface area (TPSA) is 93.5 Å². The predicted octanol–water partition coefficient (Wildman–Crippen LogP) is 3.19. The summed E-state index contributed by atoms with van der Waals surface area (Å²) >= 11 is 0. The van der Waals surface area contributed by atoms with Gasteiger partial charge in [-0.1, -0.05) is 31.0 Å². The van der Waals surface area contributed by atoms with Crippen LogP contribution in [0.1, 0.15) is 43.8 Å². The zero-order valence-corrected chi connectivity index (χ0v) is 19.2. The van der Waals surface area contributed by atoms with E-state index in [4.69, 9.17) is 4.74 Å². The first-order valence-corrected chi connectivity index (χ1v) is 11.8. The van der Waals surface area contributed by atoms with E-state index in [9.17, 15) is 14.4 Å². The molecule has 2 heterocycles. The molecule has 8 heteroatoms. The number of carbonyl (C=O) groups is 2. The second kappa shape index (κ2) is 9.29. The minimum atomic E-state index is -0.443. The van der Waals surface area contributed by atoms with Crippen LogP contribution in [0, 0.1) is 5.92 Å². The molecule has 0 radical (unpaired) electrons. The summed E-state index contributed by atoms with van der Waals surface area (Å²) in [5.74, 6) is 0.00231. The van der Waals surface area contributed by atoms with Gasteiger partial charge in [-0.15, -0.1) is 0 Å². The van der Waals surface area contributed by atoms with Gasteiger partial charge in [-0.25, -0.2) is 4.68 Å². The second-order valence-corrected chi connectivity index (χ2v) is 9.00. The number of aromatic nitrogens is 2. The van der Waals surface area contributed by atoms with Crippen LogP contribution in [0.4, 0.5) is 5.69 Å². The third-order valence-electron chi connectivity index (χ3n) is 6.89. The highest BCUT2D eigenvalue weighted by atomic mass is 16.5. The molecule has 34 heavy (non-hydrogen) atoms. The van der Waals surface area contributed by atoms with Crippen molar-refractivity contribution in [1.82, 2.24) is 15.1 Å². The van der Waals surface area contributed by atoms with Crippen molar-refractivity contribution in [3.05, 3.63) is 64.6 Å². The molecule has 1 atom stereocenters. The molecule has 176 valence electrons. The van der Waals surface area contributed by atoms with Crippen LogP contribution in [0.3, 0.4) is 0 Å². The molecule has 2 aromatic carbocycles. The summed E-state index contributed by atoms with van der Waals surface area (Å²) in [7, 11) is 1.59. The minimum absolute atomic E-state index is 0.0749. The molecule has 2 fully saturated rings. The molecule has 1 saturated carbocycles. The minimum Gasteiger partial charge on any atom is -0.497 e. The van der Waals surface area contributed by atoms with Crippen LogP contribution in [0.15, 0.2) is 53.3 Å². The van der Waals surface area contributed by atoms with E-state index in [0.717, 1.165) is 36.8 Å². The van der Waals surface area contributed by atoms with E-state index in [0.29, 0.717) is 23.4 Å². The Balaban J connectivity index is 1.32. The highest BCUT2D eigenvalue weighted by molar-refractivity contribution is 6.00. The summed E-state index contributed by atoms with van der Waals surface area (Å²) in [5, 5.41) is 9.02. The molecule has 1 saturated heterocycles. The fraction of sp³-hybridized carbons (Fsp3) is 0.385. The van der Waals surface area contributed by atoms with Crippen LogP contribution in [0.2, 0.25) is 0 Å². The lowest BCUT2D eigenvalue weighted by atomic mass is 10.1. The number of nitrogens with zero attached hydrogens (tertiary/aromatic N) is 3. The summed E-state index contributed by atoms with van der Waals surface area (Å²) in [6.07, 6.45) is 4.24. The number of anilines is 1. The molecular weight excluding hydrogens is 432 g/mol. The van der Waals surface area contributed by atoms with E-state index in [1.165, 1.54) is 0 Å². The summed E-state index contributed by atoms with van der Waals surface area (Å²) in [6, 6.07) is 14.8. The number of fused-ring (bicyclic) bond motifs is 1. The van der Waals surface area contributed by atoms with Crippen molar-refractivity contribution in [3.8, 4) is 5.75 Å². The van der Waals surface area contributed by atoms with Crippen molar-refractivity contribution in [2.75, 3.05) is 18.6 Å². The third-order valence-corrected chi connectivity index (χ3v) is 6.89. The van der Waals surface area contributed by atoms with Gasteiger partial charge in [0.05, 0.1) is 36.7 Å². The molecule has 1 N–H and O–H groups in total. The third kappa shape index (κ3) is 4.16. The Morgan fingerprint density at radius 2 is 1.76 bits per heavy atom. The van der Waals surface area contributed by atoms with Gasteiger partial charge in [0.2, 0.25) is 11.8 Å². The Hall–Kier alpha value is -3.68. The molecule has 1 aromatic heterocycles. The number of amides is 2. The number of carbonyl (C=O) groups excluding carboxylic acids is 2. The summed E-state index contributed by atoms with van der Waals surface area (Å²) < 4.78 is 6.79. The maximum absolute atomic E-state index is 13.0. The van der Waals surface area contributed by atoms with Gasteiger partial charge in [0, 0.05) is 24.0 Å². The number of benzene rings is 2. The zero-order chi connectivity index (χ0) is 23.7. The van der Waals surface area contributed by atoms with Crippen LogP contribution in [0.5, 0.6) is 5.75 Å². The largest absolute Gasteiger partial charge is 0.497 e. The van der Waals surface area contributed by atoms with Gasteiger partial charge < -0.3 is 15.0 Å². The first kappa shape index (κ1) is 22.1. The van der Waals surface area contributed by atoms with Gasteiger partial charge in [0.1, 0.15) is 5.75 Å². The highest BCUT2D eigenvalue weighted by Gasteiger charge is 2.35. The summed E-state index contributed by atoms with van der Waals surface area (Å²) in [5.41, 5.74) is 1.35. The quantitative estimate of drug-likeness (QED) is 0.610. The Kier molecular flexibility index (Phi) is 6.04. The lowest BCUT2D eigenvalue weighted by molar-refractivity contribution is -0.126. The Morgan fingerprint density at radius 1 is 1.06 bits per heavy atom. The van der Waals surface area contributed by atoms with E-state index >= 15 is 0 Å². The van der Waals surface area contributed by atoms with Gasteiger partial charge in [-0.05, 0) is 43.2 Å². The van der Waals surface area contributed by atoms with Crippen LogP contribution in [-0.4, -0.2) is 35.2 Å². The van der Waals surface area contributed by atoms with Crippen molar-refractivity contribution >= 4 is 28.3 Å². The lowest BCUT2D eigenvalue weighted by Gasteiger charge is -2.18. The molecule has 0 bridgehead atoms. The number of hydrogen-bond acceptors (Lipinski definition) is 5. The van der Waals surface area contributed by atoms with E-state index in [1.807, 2.05) is 36.4 Å². The molecule has 2 amide bonds. The fourth-order valence-corrected chi connectivity index (χ4v) is 5.01. The van der Waals surface area contributed by atoms with Crippen molar-refractivity contribution < 1.29 is 14.3 Å². The summed E-state index contributed by atoms with van der Waals surface area (Å²) in [4.78, 5) is 40.2. The van der Waals surface area contributed by atoms with Crippen molar-refractivity contribution in [2.24, 2.45) is 5.92 Å². The van der Waals surface area contributed by atoms with Crippen LogP contribution in [0.25, 0.3) is 10.8 Å². The number of ether oxygens (including phenoxy) is 1. The molecule has 2 aliphatic rings. The van der Waals surface area contributed by atoms with E-state index in [2.05, 4.69) is 10.4 Å². The first-order valence-electron chi connectivity index (χ1n) is 11.8.